The number of carbonyl (C=O) groups is 1. The second kappa shape index (κ2) is 4.77. The van der Waals surface area contributed by atoms with Gasteiger partial charge in [-0.25, -0.2) is 10.9 Å². The molecular weight excluding hydrogens is 176 g/mol. The van der Waals surface area contributed by atoms with E-state index < -0.39 is 0 Å². The van der Waals surface area contributed by atoms with Gasteiger partial charge in [-0.3, -0.25) is 4.79 Å². The fourth-order valence-electron chi connectivity index (χ4n) is 1.18. The molecule has 76 valence electrons. The van der Waals surface area contributed by atoms with Crippen molar-refractivity contribution in [3.63, 3.8) is 0 Å². The zero-order valence-electron chi connectivity index (χ0n) is 8.66. The van der Waals surface area contributed by atoms with Crippen LogP contribution in [0.1, 0.15) is 25.3 Å². The monoisotopic (exact) mass is 192 g/mol. The summed E-state index contributed by atoms with van der Waals surface area (Å²) in [7, 11) is 0. The average molecular weight is 192 g/mol. The van der Waals surface area contributed by atoms with Gasteiger partial charge in [-0.05, 0) is 25.5 Å². The summed E-state index contributed by atoms with van der Waals surface area (Å²) in [5.41, 5.74) is 1.90. The lowest BCUT2D eigenvalue weighted by molar-refractivity contribution is -0.118. The second-order valence-corrected chi connectivity index (χ2v) is 3.35. The summed E-state index contributed by atoms with van der Waals surface area (Å²) < 4.78 is 0. The van der Waals surface area contributed by atoms with Crippen LogP contribution in [-0.4, -0.2) is 5.91 Å². The molecule has 1 aromatic rings. The first-order valence-electron chi connectivity index (χ1n) is 4.79. The Morgan fingerprint density at radius 3 is 2.43 bits per heavy atom. The van der Waals surface area contributed by atoms with E-state index in [4.69, 9.17) is 5.84 Å². The predicted molar refractivity (Wildman–Crippen MR) is 57.8 cm³/mol. The van der Waals surface area contributed by atoms with Gasteiger partial charge in [0.2, 0.25) is 5.91 Å². The van der Waals surface area contributed by atoms with Gasteiger partial charge in [0.15, 0.2) is 0 Å². The number of anilines is 1. The maximum Gasteiger partial charge on any atom is 0.241 e. The van der Waals surface area contributed by atoms with Crippen molar-refractivity contribution in [2.75, 3.05) is 5.01 Å². The molecule has 0 saturated carbocycles. The number of hydrogen-bond acceptors (Lipinski definition) is 2. The Labute approximate surface area is 84.5 Å². The van der Waals surface area contributed by atoms with E-state index in [2.05, 4.69) is 0 Å². The molecule has 2 N–H and O–H groups in total. The topological polar surface area (TPSA) is 46.3 Å². The minimum Gasteiger partial charge on any atom is -0.273 e. The molecule has 1 aromatic carbocycles. The molecule has 0 aromatic heterocycles. The summed E-state index contributed by atoms with van der Waals surface area (Å²) in [4.78, 5) is 11.4. The number of aryl methyl sites for hydroxylation is 1. The first-order chi connectivity index (χ1) is 6.65. The van der Waals surface area contributed by atoms with E-state index in [0.29, 0.717) is 6.42 Å². The van der Waals surface area contributed by atoms with Crippen molar-refractivity contribution in [1.82, 2.24) is 0 Å². The van der Waals surface area contributed by atoms with Gasteiger partial charge in [0.05, 0.1) is 5.69 Å². The zero-order valence-corrected chi connectivity index (χ0v) is 8.66. The molecule has 0 heterocycles. The third-order valence-corrected chi connectivity index (χ3v) is 2.04. The molecule has 3 nitrogen and oxygen atoms in total. The first kappa shape index (κ1) is 10.7. The molecule has 0 atom stereocenters. The summed E-state index contributed by atoms with van der Waals surface area (Å²) in [6, 6.07) is 7.58. The third-order valence-electron chi connectivity index (χ3n) is 2.04. The molecular formula is C11H16N2O. The number of nitrogens with zero attached hydrogens (tertiary/aromatic N) is 1. The van der Waals surface area contributed by atoms with Crippen LogP contribution in [0.5, 0.6) is 0 Å². The number of rotatable bonds is 3. The van der Waals surface area contributed by atoms with Crippen molar-refractivity contribution in [3.8, 4) is 0 Å². The van der Waals surface area contributed by atoms with Crippen LogP contribution in [0.4, 0.5) is 5.69 Å². The number of nitrogens with two attached hydrogens (primary N) is 1. The van der Waals surface area contributed by atoms with Crippen molar-refractivity contribution < 1.29 is 4.79 Å². The number of carbonyl (C=O) groups excluding carboxylic acids is 1. The molecule has 1 amide bonds. The lowest BCUT2D eigenvalue weighted by Gasteiger charge is -2.16. The van der Waals surface area contributed by atoms with Gasteiger partial charge in [-0.15, -0.1) is 0 Å². The Balaban J connectivity index is 2.73. The Morgan fingerprint density at radius 2 is 1.93 bits per heavy atom. The highest BCUT2D eigenvalue weighted by atomic mass is 16.2. The van der Waals surface area contributed by atoms with Crippen molar-refractivity contribution >= 4 is 11.6 Å². The smallest absolute Gasteiger partial charge is 0.241 e. The van der Waals surface area contributed by atoms with Gasteiger partial charge in [0.1, 0.15) is 0 Å². The van der Waals surface area contributed by atoms with E-state index in [0.717, 1.165) is 17.7 Å². The summed E-state index contributed by atoms with van der Waals surface area (Å²) in [6.45, 7) is 3.96. The molecule has 0 aliphatic heterocycles. The van der Waals surface area contributed by atoms with Gasteiger partial charge in [0, 0.05) is 6.42 Å². The normalized spacial score (nSPS) is 9.93. The Bertz CT molecular complexity index is 306. The van der Waals surface area contributed by atoms with E-state index in [-0.39, 0.29) is 5.91 Å². The molecule has 3 heteroatoms. The summed E-state index contributed by atoms with van der Waals surface area (Å²) in [6.07, 6.45) is 1.31. The number of hydrogen-bond donors (Lipinski definition) is 1. The van der Waals surface area contributed by atoms with Crippen LogP contribution >= 0.6 is 0 Å². The Morgan fingerprint density at radius 1 is 1.36 bits per heavy atom. The van der Waals surface area contributed by atoms with Gasteiger partial charge in [0.25, 0.3) is 0 Å². The fourth-order valence-corrected chi connectivity index (χ4v) is 1.18. The standard InChI is InChI=1S/C11H16N2O/c1-3-4-11(14)13(12)10-7-5-9(2)6-8-10/h5-8H,3-4,12H2,1-2H3. The molecule has 0 bridgehead atoms. The molecule has 1 rings (SSSR count). The molecule has 0 aliphatic carbocycles. The molecule has 0 unspecified atom stereocenters. The molecule has 0 fully saturated rings. The highest BCUT2D eigenvalue weighted by Crippen LogP contribution is 2.12. The molecule has 0 aliphatic rings. The van der Waals surface area contributed by atoms with Gasteiger partial charge in [-0.2, -0.15) is 0 Å². The molecule has 0 saturated heterocycles. The van der Waals surface area contributed by atoms with Crippen LogP contribution in [0.25, 0.3) is 0 Å². The highest BCUT2D eigenvalue weighted by Gasteiger charge is 2.09. The largest absolute Gasteiger partial charge is 0.273 e. The molecule has 0 radical (unpaired) electrons. The highest BCUT2D eigenvalue weighted by molar-refractivity contribution is 5.92. The van der Waals surface area contributed by atoms with Crippen LogP contribution in [0.3, 0.4) is 0 Å². The first-order valence-corrected chi connectivity index (χ1v) is 4.79. The average Bonchev–Trinajstić information content (AvgIpc) is 2.18. The Kier molecular flexibility index (Phi) is 3.65. The van der Waals surface area contributed by atoms with E-state index in [1.54, 1.807) is 0 Å². The zero-order chi connectivity index (χ0) is 10.6. The second-order valence-electron chi connectivity index (χ2n) is 3.35. The lowest BCUT2D eigenvalue weighted by atomic mass is 10.2. The number of hydrazine groups is 1. The minimum absolute atomic E-state index is 0.0450. The maximum absolute atomic E-state index is 11.4. The van der Waals surface area contributed by atoms with Gasteiger partial charge in [-0.1, -0.05) is 24.6 Å². The van der Waals surface area contributed by atoms with E-state index in [1.807, 2.05) is 38.1 Å². The summed E-state index contributed by atoms with van der Waals surface area (Å²) in [5, 5.41) is 1.21. The maximum atomic E-state index is 11.4. The van der Waals surface area contributed by atoms with Crippen molar-refractivity contribution in [2.45, 2.75) is 26.7 Å². The molecule has 0 spiro atoms. The lowest BCUT2D eigenvalue weighted by Crippen LogP contribution is -2.37. The van der Waals surface area contributed by atoms with Crippen LogP contribution in [0.2, 0.25) is 0 Å². The van der Waals surface area contributed by atoms with Crippen molar-refractivity contribution in [2.24, 2.45) is 5.84 Å². The van der Waals surface area contributed by atoms with Gasteiger partial charge >= 0.3 is 0 Å². The molecule has 14 heavy (non-hydrogen) atoms. The Hall–Kier alpha value is -1.35. The third kappa shape index (κ3) is 2.57. The van der Waals surface area contributed by atoms with Crippen LogP contribution < -0.4 is 10.9 Å². The SMILES string of the molecule is CCCC(=O)N(N)c1ccc(C)cc1. The summed E-state index contributed by atoms with van der Waals surface area (Å²) in [5.74, 6) is 5.61. The fraction of sp³-hybridized carbons (Fsp3) is 0.364. The van der Waals surface area contributed by atoms with Crippen molar-refractivity contribution in [3.05, 3.63) is 29.8 Å². The number of benzene rings is 1. The van der Waals surface area contributed by atoms with E-state index in [9.17, 15) is 4.79 Å². The predicted octanol–water partition coefficient (Wildman–Crippen LogP) is 2.00. The van der Waals surface area contributed by atoms with Gasteiger partial charge < -0.3 is 0 Å². The quantitative estimate of drug-likeness (QED) is 0.452. The number of amides is 1. The van der Waals surface area contributed by atoms with Crippen LogP contribution in [-0.2, 0) is 4.79 Å². The van der Waals surface area contributed by atoms with Crippen LogP contribution in [0, 0.1) is 6.92 Å². The minimum atomic E-state index is -0.0450. The van der Waals surface area contributed by atoms with Crippen molar-refractivity contribution in [1.29, 1.82) is 0 Å². The summed E-state index contributed by atoms with van der Waals surface area (Å²) >= 11 is 0. The van der Waals surface area contributed by atoms with E-state index in [1.165, 1.54) is 5.01 Å². The van der Waals surface area contributed by atoms with Crippen LogP contribution in [0.15, 0.2) is 24.3 Å². The van der Waals surface area contributed by atoms with E-state index >= 15 is 0 Å².